The third-order valence-electron chi connectivity index (χ3n) is 4.85. The maximum Gasteiger partial charge on any atom is 0.0258 e. The van der Waals surface area contributed by atoms with Crippen LogP contribution < -0.4 is 5.32 Å². The van der Waals surface area contributed by atoms with Gasteiger partial charge in [-0.25, -0.2) is 0 Å². The second kappa shape index (κ2) is 7.83. The van der Waals surface area contributed by atoms with Gasteiger partial charge in [0.05, 0.1) is 0 Å². The van der Waals surface area contributed by atoms with Gasteiger partial charge in [-0.3, -0.25) is 0 Å². The van der Waals surface area contributed by atoms with Crippen molar-refractivity contribution in [3.63, 3.8) is 0 Å². The monoisotopic (exact) mass is 295 g/mol. The summed E-state index contributed by atoms with van der Waals surface area (Å²) in [5.41, 5.74) is 3.35. The summed E-state index contributed by atoms with van der Waals surface area (Å²) in [6.07, 6.45) is 12.6. The molecule has 0 aromatic rings. The first-order valence-electron chi connectivity index (χ1n) is 8.86. The van der Waals surface area contributed by atoms with Crippen molar-refractivity contribution in [3.05, 3.63) is 11.0 Å². The molecule has 2 aliphatic rings. The Labute approximate surface area is 127 Å². The summed E-state index contributed by atoms with van der Waals surface area (Å²) in [6.45, 7) is 9.74. The Bertz CT molecular complexity index is 318. The van der Waals surface area contributed by atoms with Crippen molar-refractivity contribution in [2.75, 3.05) is 0 Å². The van der Waals surface area contributed by atoms with Gasteiger partial charge in [0, 0.05) is 11.7 Å². The van der Waals surface area contributed by atoms with Gasteiger partial charge in [-0.15, -0.1) is 0 Å². The zero-order chi connectivity index (χ0) is 14.5. The van der Waals surface area contributed by atoms with Gasteiger partial charge in [-0.2, -0.15) is 0 Å². The molecule has 2 rings (SSSR count). The Morgan fingerprint density at radius 3 is 2.05 bits per heavy atom. The highest BCUT2D eigenvalue weighted by Crippen LogP contribution is 2.57. The lowest BCUT2D eigenvalue weighted by Gasteiger charge is -2.35. The Morgan fingerprint density at radius 2 is 1.45 bits per heavy atom. The van der Waals surface area contributed by atoms with Gasteiger partial charge < -0.3 is 5.32 Å². The highest BCUT2D eigenvalue weighted by Gasteiger charge is 2.27. The molecule has 0 unspecified atom stereocenters. The lowest BCUT2D eigenvalue weighted by molar-refractivity contribution is 0.388. The minimum Gasteiger partial charge on any atom is -0.385 e. The fraction of sp³-hybridized carbons (Fsp3) is 0.889. The predicted molar refractivity (Wildman–Crippen MR) is 92.7 cm³/mol. The molecule has 0 heterocycles. The second-order valence-corrected chi connectivity index (χ2v) is 10.6. The van der Waals surface area contributed by atoms with Gasteiger partial charge in [0.15, 0.2) is 0 Å². The van der Waals surface area contributed by atoms with Crippen LogP contribution in [0.25, 0.3) is 0 Å². The largest absolute Gasteiger partial charge is 0.385 e. The molecule has 1 fully saturated rings. The van der Waals surface area contributed by atoms with E-state index in [9.17, 15) is 0 Å². The predicted octanol–water partition coefficient (Wildman–Crippen LogP) is 5.99. The van der Waals surface area contributed by atoms with E-state index in [0.717, 1.165) is 17.4 Å². The third-order valence-corrected chi connectivity index (χ3v) is 8.19. The summed E-state index contributed by atoms with van der Waals surface area (Å²) >= 11 is 0. The molecule has 0 amide bonds. The van der Waals surface area contributed by atoms with Gasteiger partial charge in [0.2, 0.25) is 0 Å². The van der Waals surface area contributed by atoms with Crippen LogP contribution in [-0.4, -0.2) is 17.4 Å². The topological polar surface area (TPSA) is 12.0 Å². The van der Waals surface area contributed by atoms with E-state index in [4.69, 9.17) is 0 Å². The number of allylic oxidation sites excluding steroid dienone is 2. The highest BCUT2D eigenvalue weighted by atomic mass is 31.1. The average Bonchev–Trinajstić information content (AvgIpc) is 2.41. The van der Waals surface area contributed by atoms with E-state index in [1.165, 1.54) is 57.8 Å². The van der Waals surface area contributed by atoms with E-state index in [0.29, 0.717) is 0 Å². The summed E-state index contributed by atoms with van der Waals surface area (Å²) in [7, 11) is 0.0541. The SMILES string of the molecule is CC(C)P(C1=C(NC2CCCCC2)CCCC1)C(C)C. The van der Waals surface area contributed by atoms with Crippen LogP contribution in [0.1, 0.15) is 85.5 Å². The highest BCUT2D eigenvalue weighted by molar-refractivity contribution is 7.63. The van der Waals surface area contributed by atoms with Gasteiger partial charge in [0.1, 0.15) is 0 Å². The normalized spacial score (nSPS) is 22.1. The van der Waals surface area contributed by atoms with E-state index in [1.807, 2.05) is 5.31 Å². The molecule has 0 aliphatic heterocycles. The first-order chi connectivity index (χ1) is 9.59. The lowest BCUT2D eigenvalue weighted by Crippen LogP contribution is -2.32. The van der Waals surface area contributed by atoms with E-state index >= 15 is 0 Å². The van der Waals surface area contributed by atoms with Gasteiger partial charge in [-0.1, -0.05) is 54.9 Å². The molecular formula is C18H34NP. The molecule has 2 aliphatic carbocycles. The number of rotatable bonds is 5. The van der Waals surface area contributed by atoms with Crippen molar-refractivity contribution in [2.24, 2.45) is 0 Å². The molecule has 2 heteroatoms. The Morgan fingerprint density at radius 1 is 0.850 bits per heavy atom. The van der Waals surface area contributed by atoms with Crippen molar-refractivity contribution in [2.45, 2.75) is 103 Å². The fourth-order valence-corrected chi connectivity index (χ4v) is 7.39. The summed E-state index contributed by atoms with van der Waals surface area (Å²) in [5.74, 6) is 0. The quantitative estimate of drug-likeness (QED) is 0.614. The maximum absolute atomic E-state index is 3.99. The molecule has 0 atom stereocenters. The molecule has 0 aromatic carbocycles. The molecule has 0 aromatic heterocycles. The van der Waals surface area contributed by atoms with Crippen molar-refractivity contribution in [1.82, 2.24) is 5.32 Å². The lowest BCUT2D eigenvalue weighted by atomic mass is 9.94. The molecule has 0 saturated heterocycles. The Hall–Kier alpha value is -0.0300. The maximum atomic E-state index is 3.99. The Kier molecular flexibility index (Phi) is 6.40. The van der Waals surface area contributed by atoms with Gasteiger partial charge in [0.25, 0.3) is 0 Å². The average molecular weight is 295 g/mol. The minimum absolute atomic E-state index is 0.0541. The van der Waals surface area contributed by atoms with Gasteiger partial charge in [-0.05, 0) is 55.2 Å². The third kappa shape index (κ3) is 4.23. The standard InChI is InChI=1S/C18H34NP/c1-14(2)20(15(3)4)18-13-9-8-12-17(18)19-16-10-6-5-7-11-16/h14-16,19H,5-13H2,1-4H3. The van der Waals surface area contributed by atoms with Crippen LogP contribution >= 0.6 is 7.92 Å². The number of nitrogens with one attached hydrogen (secondary N) is 1. The second-order valence-electron chi connectivity index (χ2n) is 7.21. The summed E-state index contributed by atoms with van der Waals surface area (Å²) in [5, 5.41) is 5.84. The van der Waals surface area contributed by atoms with Crippen LogP contribution in [0.15, 0.2) is 11.0 Å². The zero-order valence-corrected chi connectivity index (χ0v) is 14.9. The van der Waals surface area contributed by atoms with Gasteiger partial charge >= 0.3 is 0 Å². The van der Waals surface area contributed by atoms with Crippen LogP contribution in [0.2, 0.25) is 0 Å². The zero-order valence-electron chi connectivity index (χ0n) is 14.0. The molecule has 1 saturated carbocycles. The van der Waals surface area contributed by atoms with E-state index in [-0.39, 0.29) is 7.92 Å². The number of hydrogen-bond acceptors (Lipinski definition) is 1. The van der Waals surface area contributed by atoms with Crippen LogP contribution in [0.5, 0.6) is 0 Å². The summed E-state index contributed by atoms with van der Waals surface area (Å²) < 4.78 is 0. The first-order valence-corrected chi connectivity index (χ1v) is 10.3. The van der Waals surface area contributed by atoms with Crippen LogP contribution in [0, 0.1) is 0 Å². The molecule has 1 N–H and O–H groups in total. The van der Waals surface area contributed by atoms with Crippen molar-refractivity contribution in [3.8, 4) is 0 Å². The fourth-order valence-electron chi connectivity index (χ4n) is 4.04. The minimum atomic E-state index is 0.0541. The Balaban J connectivity index is 2.14. The number of hydrogen-bond donors (Lipinski definition) is 1. The summed E-state index contributed by atoms with van der Waals surface area (Å²) in [6, 6.07) is 0.781. The smallest absolute Gasteiger partial charge is 0.0258 e. The van der Waals surface area contributed by atoms with Crippen LogP contribution in [0.3, 0.4) is 0 Å². The first kappa shape index (κ1) is 16.3. The molecular weight excluding hydrogens is 261 g/mol. The van der Waals surface area contributed by atoms with Crippen LogP contribution in [-0.2, 0) is 0 Å². The molecule has 116 valence electrons. The van der Waals surface area contributed by atoms with Crippen LogP contribution in [0.4, 0.5) is 0 Å². The molecule has 0 spiro atoms. The van der Waals surface area contributed by atoms with Crippen molar-refractivity contribution < 1.29 is 0 Å². The molecule has 0 radical (unpaired) electrons. The van der Waals surface area contributed by atoms with E-state index in [2.05, 4.69) is 33.0 Å². The van der Waals surface area contributed by atoms with Crippen molar-refractivity contribution in [1.29, 1.82) is 0 Å². The molecule has 0 bridgehead atoms. The van der Waals surface area contributed by atoms with E-state index < -0.39 is 0 Å². The van der Waals surface area contributed by atoms with Crippen molar-refractivity contribution >= 4 is 7.92 Å². The van der Waals surface area contributed by atoms with E-state index in [1.54, 1.807) is 5.70 Å². The molecule has 1 nitrogen and oxygen atoms in total. The summed E-state index contributed by atoms with van der Waals surface area (Å²) in [4.78, 5) is 0. The molecule has 20 heavy (non-hydrogen) atoms.